The van der Waals surface area contributed by atoms with Gasteiger partial charge in [0.25, 0.3) is 0 Å². The van der Waals surface area contributed by atoms with Gasteiger partial charge in [-0.3, -0.25) is 9.79 Å². The number of pyridine rings is 1. The van der Waals surface area contributed by atoms with Crippen LogP contribution in [0.5, 0.6) is 5.88 Å². The molecule has 1 rings (SSSR count). The van der Waals surface area contributed by atoms with E-state index in [1.165, 1.54) is 6.92 Å². The summed E-state index contributed by atoms with van der Waals surface area (Å²) >= 11 is 0. The third-order valence-corrected chi connectivity index (χ3v) is 1.55. The first-order valence-electron chi connectivity index (χ1n) is 4.24. The second kappa shape index (κ2) is 5.11. The Morgan fingerprint density at radius 2 is 2.43 bits per heavy atom. The van der Waals surface area contributed by atoms with Crippen LogP contribution in [0.25, 0.3) is 0 Å². The Bertz CT molecular complexity index is 330. The Morgan fingerprint density at radius 3 is 2.93 bits per heavy atom. The number of nitrogens with zero attached hydrogens (tertiary/aromatic N) is 2. The quantitative estimate of drug-likeness (QED) is 0.683. The van der Waals surface area contributed by atoms with Crippen LogP contribution in [0.4, 0.5) is 5.69 Å². The fourth-order valence-corrected chi connectivity index (χ4v) is 0.849. The van der Waals surface area contributed by atoms with Gasteiger partial charge >= 0.3 is 0 Å². The van der Waals surface area contributed by atoms with E-state index in [0.717, 1.165) is 0 Å². The number of rotatable bonds is 4. The van der Waals surface area contributed by atoms with E-state index in [1.807, 2.05) is 0 Å². The van der Waals surface area contributed by atoms with Gasteiger partial charge in [0, 0.05) is 18.7 Å². The zero-order valence-corrected chi connectivity index (χ0v) is 8.23. The molecule has 4 nitrogen and oxygen atoms in total. The molecule has 0 saturated heterocycles. The van der Waals surface area contributed by atoms with Crippen molar-refractivity contribution in [2.75, 3.05) is 7.11 Å². The third-order valence-electron chi connectivity index (χ3n) is 1.55. The molecule has 1 aromatic rings. The summed E-state index contributed by atoms with van der Waals surface area (Å²) in [5.41, 5.74) is 0.715. The average molecular weight is 192 g/mol. The van der Waals surface area contributed by atoms with Crippen molar-refractivity contribution in [1.82, 2.24) is 4.98 Å². The van der Waals surface area contributed by atoms with Crippen molar-refractivity contribution in [2.45, 2.75) is 13.3 Å². The lowest BCUT2D eigenvalue weighted by atomic mass is 10.3. The minimum atomic E-state index is 0.0928. The number of carbonyl (C=O) groups is 1. The lowest BCUT2D eigenvalue weighted by Gasteiger charge is -1.97. The van der Waals surface area contributed by atoms with Gasteiger partial charge in [-0.1, -0.05) is 0 Å². The smallest absolute Gasteiger partial charge is 0.213 e. The lowest BCUT2D eigenvalue weighted by Crippen LogP contribution is -1.89. The highest BCUT2D eigenvalue weighted by atomic mass is 16.5. The largest absolute Gasteiger partial charge is 0.481 e. The van der Waals surface area contributed by atoms with Crippen LogP contribution in [0, 0.1) is 0 Å². The second-order valence-electron chi connectivity index (χ2n) is 2.78. The maximum Gasteiger partial charge on any atom is 0.213 e. The van der Waals surface area contributed by atoms with Gasteiger partial charge in [-0.25, -0.2) is 4.98 Å². The first kappa shape index (κ1) is 10.4. The number of aromatic nitrogens is 1. The lowest BCUT2D eigenvalue weighted by molar-refractivity contribution is -0.115. The van der Waals surface area contributed by atoms with Crippen LogP contribution in [0.1, 0.15) is 13.3 Å². The maximum atomic E-state index is 10.6. The van der Waals surface area contributed by atoms with E-state index in [-0.39, 0.29) is 5.78 Å². The van der Waals surface area contributed by atoms with Crippen molar-refractivity contribution in [3.8, 4) is 5.88 Å². The van der Waals surface area contributed by atoms with Crippen LogP contribution in [0.15, 0.2) is 23.3 Å². The van der Waals surface area contributed by atoms with Crippen LogP contribution in [-0.2, 0) is 4.79 Å². The summed E-state index contributed by atoms with van der Waals surface area (Å²) in [5, 5.41) is 0. The van der Waals surface area contributed by atoms with E-state index in [1.54, 1.807) is 31.7 Å². The van der Waals surface area contributed by atoms with E-state index in [0.29, 0.717) is 18.0 Å². The van der Waals surface area contributed by atoms with Crippen molar-refractivity contribution in [3.05, 3.63) is 18.3 Å². The number of ether oxygens (including phenoxy) is 1. The van der Waals surface area contributed by atoms with E-state index < -0.39 is 0 Å². The van der Waals surface area contributed by atoms with Crippen molar-refractivity contribution in [1.29, 1.82) is 0 Å². The summed E-state index contributed by atoms with van der Waals surface area (Å²) in [7, 11) is 1.56. The van der Waals surface area contributed by atoms with E-state index in [9.17, 15) is 4.79 Å². The molecule has 0 atom stereocenters. The first-order chi connectivity index (χ1) is 6.72. The van der Waals surface area contributed by atoms with Crippen molar-refractivity contribution >= 4 is 17.7 Å². The number of Topliss-reactive ketones (excluding diaryl/α,β-unsaturated/α-hetero) is 1. The minimum Gasteiger partial charge on any atom is -0.481 e. The molecule has 0 radical (unpaired) electrons. The fourth-order valence-electron chi connectivity index (χ4n) is 0.849. The number of methoxy groups -OCH3 is 1. The molecule has 4 heteroatoms. The van der Waals surface area contributed by atoms with E-state index in [4.69, 9.17) is 4.74 Å². The molecular formula is C10H12N2O2. The third kappa shape index (κ3) is 3.35. The topological polar surface area (TPSA) is 51.5 Å². The van der Waals surface area contributed by atoms with Gasteiger partial charge in [0.1, 0.15) is 5.78 Å². The zero-order chi connectivity index (χ0) is 10.4. The summed E-state index contributed by atoms with van der Waals surface area (Å²) in [6.45, 7) is 1.53. The monoisotopic (exact) mass is 192 g/mol. The predicted octanol–water partition coefficient (Wildman–Crippen LogP) is 1.77. The average Bonchev–Trinajstić information content (AvgIpc) is 2.18. The van der Waals surface area contributed by atoms with Gasteiger partial charge in [-0.05, 0) is 13.0 Å². The van der Waals surface area contributed by atoms with Crippen LogP contribution in [0.2, 0.25) is 0 Å². The molecule has 1 heterocycles. The summed E-state index contributed by atoms with van der Waals surface area (Å²) in [4.78, 5) is 18.6. The summed E-state index contributed by atoms with van der Waals surface area (Å²) < 4.78 is 4.89. The molecule has 0 aliphatic rings. The van der Waals surface area contributed by atoms with E-state index in [2.05, 4.69) is 9.98 Å². The highest BCUT2D eigenvalue weighted by Crippen LogP contribution is 2.13. The van der Waals surface area contributed by atoms with Gasteiger partial charge in [0.15, 0.2) is 0 Å². The molecule has 0 aliphatic heterocycles. The zero-order valence-electron chi connectivity index (χ0n) is 8.23. The van der Waals surface area contributed by atoms with Crippen LogP contribution in [-0.4, -0.2) is 24.1 Å². The van der Waals surface area contributed by atoms with Gasteiger partial charge in [0.2, 0.25) is 5.88 Å². The molecule has 14 heavy (non-hydrogen) atoms. The molecule has 0 saturated carbocycles. The normalized spacial score (nSPS) is 10.4. The molecule has 0 aromatic carbocycles. The number of ketones is 1. The first-order valence-corrected chi connectivity index (χ1v) is 4.24. The Kier molecular flexibility index (Phi) is 3.79. The van der Waals surface area contributed by atoms with Crippen molar-refractivity contribution in [3.63, 3.8) is 0 Å². The molecule has 1 aromatic heterocycles. The maximum absolute atomic E-state index is 10.6. The van der Waals surface area contributed by atoms with Crippen LogP contribution >= 0.6 is 0 Å². The summed E-state index contributed by atoms with van der Waals surface area (Å²) in [6, 6.07) is 3.50. The van der Waals surface area contributed by atoms with Gasteiger partial charge in [-0.2, -0.15) is 0 Å². The molecule has 0 spiro atoms. The molecule has 0 unspecified atom stereocenters. The van der Waals surface area contributed by atoms with Gasteiger partial charge in [-0.15, -0.1) is 0 Å². The molecule has 0 fully saturated rings. The fraction of sp³-hybridized carbons (Fsp3) is 0.300. The van der Waals surface area contributed by atoms with Crippen molar-refractivity contribution < 1.29 is 9.53 Å². The molecular weight excluding hydrogens is 180 g/mol. The number of hydrogen-bond acceptors (Lipinski definition) is 4. The Labute approximate surface area is 82.6 Å². The Morgan fingerprint density at radius 1 is 1.64 bits per heavy atom. The summed E-state index contributed by atoms with van der Waals surface area (Å²) in [5.74, 6) is 0.644. The number of carbonyl (C=O) groups excluding carboxylic acids is 1. The minimum absolute atomic E-state index is 0.0928. The molecule has 0 aliphatic carbocycles. The number of hydrogen-bond donors (Lipinski definition) is 0. The molecule has 0 N–H and O–H groups in total. The SMILES string of the molecule is COc1ccc(N=CCC(C)=O)cn1. The Hall–Kier alpha value is -1.71. The molecule has 0 amide bonds. The number of aliphatic imine (C=N–C) groups is 1. The Balaban J connectivity index is 2.59. The van der Waals surface area contributed by atoms with Gasteiger partial charge < -0.3 is 4.74 Å². The van der Waals surface area contributed by atoms with E-state index >= 15 is 0 Å². The predicted molar refractivity (Wildman–Crippen MR) is 54.2 cm³/mol. The second-order valence-corrected chi connectivity index (χ2v) is 2.78. The summed E-state index contributed by atoms with van der Waals surface area (Å²) in [6.07, 6.45) is 3.52. The van der Waals surface area contributed by atoms with Crippen LogP contribution in [0.3, 0.4) is 0 Å². The molecule has 0 bridgehead atoms. The van der Waals surface area contributed by atoms with Crippen LogP contribution < -0.4 is 4.74 Å². The molecule has 74 valence electrons. The highest BCUT2D eigenvalue weighted by molar-refractivity contribution is 5.90. The highest BCUT2D eigenvalue weighted by Gasteiger charge is 1.92. The van der Waals surface area contributed by atoms with Gasteiger partial charge in [0.05, 0.1) is 19.0 Å². The van der Waals surface area contributed by atoms with Crippen molar-refractivity contribution in [2.24, 2.45) is 4.99 Å². The standard InChI is InChI=1S/C10H12N2O2/c1-8(13)5-6-11-9-3-4-10(14-2)12-7-9/h3-4,6-7H,5H2,1-2H3.